The van der Waals surface area contributed by atoms with Crippen molar-refractivity contribution < 1.29 is 19.0 Å². The summed E-state index contributed by atoms with van der Waals surface area (Å²) < 4.78 is 17.9. The van der Waals surface area contributed by atoms with Crippen LogP contribution in [0.4, 0.5) is 4.39 Å². The molecule has 92 valence electrons. The number of aromatic carboxylic acids is 1. The van der Waals surface area contributed by atoms with Crippen LogP contribution in [0.25, 0.3) is 0 Å². The van der Waals surface area contributed by atoms with Crippen LogP contribution in [0.1, 0.15) is 10.4 Å². The van der Waals surface area contributed by atoms with Gasteiger partial charge in [-0.05, 0) is 24.3 Å². The minimum Gasteiger partial charge on any atom is -0.478 e. The average molecular weight is 268 g/mol. The lowest BCUT2D eigenvalue weighted by Crippen LogP contribution is -1.98. The van der Waals surface area contributed by atoms with E-state index in [4.69, 9.17) is 21.4 Å². The van der Waals surface area contributed by atoms with Crippen molar-refractivity contribution >= 4 is 17.6 Å². The van der Waals surface area contributed by atoms with Crippen molar-refractivity contribution in [2.24, 2.45) is 0 Å². The van der Waals surface area contributed by atoms with Gasteiger partial charge in [0.1, 0.15) is 11.6 Å². The van der Waals surface area contributed by atoms with E-state index in [0.29, 0.717) is 0 Å². The Labute approximate surface area is 107 Å². The van der Waals surface area contributed by atoms with Gasteiger partial charge >= 0.3 is 5.97 Å². The summed E-state index contributed by atoms with van der Waals surface area (Å²) in [5, 5.41) is 9.00. The van der Waals surface area contributed by atoms with Crippen molar-refractivity contribution in [3.8, 4) is 11.6 Å². The Morgan fingerprint density at radius 2 is 2.11 bits per heavy atom. The van der Waals surface area contributed by atoms with Gasteiger partial charge in [-0.15, -0.1) is 0 Å². The number of hydrogen-bond donors (Lipinski definition) is 1. The van der Waals surface area contributed by atoms with E-state index in [2.05, 4.69) is 4.98 Å². The third-order valence-electron chi connectivity index (χ3n) is 2.09. The van der Waals surface area contributed by atoms with Crippen LogP contribution in [-0.2, 0) is 0 Å². The Balaban J connectivity index is 2.27. The van der Waals surface area contributed by atoms with Crippen LogP contribution >= 0.6 is 11.6 Å². The van der Waals surface area contributed by atoms with Crippen molar-refractivity contribution in [3.63, 3.8) is 0 Å². The summed E-state index contributed by atoms with van der Waals surface area (Å²) in [5.41, 5.74) is -0.0729. The number of hydrogen-bond acceptors (Lipinski definition) is 3. The summed E-state index contributed by atoms with van der Waals surface area (Å²) in [6.07, 6.45) is 1.00. The number of aromatic nitrogens is 1. The van der Waals surface area contributed by atoms with E-state index < -0.39 is 11.8 Å². The summed E-state index contributed by atoms with van der Waals surface area (Å²) in [7, 11) is 0. The lowest BCUT2D eigenvalue weighted by atomic mass is 10.2. The van der Waals surface area contributed by atoms with E-state index in [9.17, 15) is 9.18 Å². The number of halogens is 2. The molecular weight excluding hydrogens is 261 g/mol. The number of carboxylic acids is 1. The highest BCUT2D eigenvalue weighted by atomic mass is 35.5. The molecule has 4 nitrogen and oxygen atoms in total. The van der Waals surface area contributed by atoms with E-state index in [0.717, 1.165) is 6.20 Å². The molecule has 2 aromatic rings. The number of nitrogens with zero attached hydrogens (tertiary/aromatic N) is 1. The second-order valence-electron chi connectivity index (χ2n) is 3.36. The van der Waals surface area contributed by atoms with Crippen LogP contribution in [0, 0.1) is 5.82 Å². The van der Waals surface area contributed by atoms with Crippen molar-refractivity contribution in [1.29, 1.82) is 0 Å². The molecule has 0 saturated heterocycles. The number of pyridine rings is 1. The normalized spacial score (nSPS) is 10.1. The molecule has 0 aliphatic rings. The van der Waals surface area contributed by atoms with Crippen LogP contribution in [0.3, 0.4) is 0 Å². The van der Waals surface area contributed by atoms with E-state index in [1.54, 1.807) is 0 Å². The molecule has 0 bridgehead atoms. The molecule has 1 aromatic carbocycles. The van der Waals surface area contributed by atoms with Gasteiger partial charge < -0.3 is 9.84 Å². The Morgan fingerprint density at radius 3 is 2.72 bits per heavy atom. The minimum atomic E-state index is -1.16. The first-order valence-electron chi connectivity index (χ1n) is 4.88. The van der Waals surface area contributed by atoms with Gasteiger partial charge in [-0.25, -0.2) is 14.2 Å². The fraction of sp³-hybridized carbons (Fsp3) is 0. The van der Waals surface area contributed by atoms with Crippen LogP contribution in [0.2, 0.25) is 5.02 Å². The Morgan fingerprint density at radius 1 is 1.33 bits per heavy atom. The molecular formula is C12H7ClFNO3. The zero-order valence-electron chi connectivity index (χ0n) is 8.93. The predicted octanol–water partition coefficient (Wildman–Crippen LogP) is 3.36. The number of ether oxygens (including phenoxy) is 1. The maximum absolute atomic E-state index is 12.6. The molecule has 0 aliphatic carbocycles. The molecule has 1 aromatic heterocycles. The third-order valence-corrected chi connectivity index (χ3v) is 2.42. The molecule has 18 heavy (non-hydrogen) atoms. The van der Waals surface area contributed by atoms with Gasteiger partial charge in [-0.3, -0.25) is 0 Å². The first-order chi connectivity index (χ1) is 8.56. The monoisotopic (exact) mass is 267 g/mol. The van der Waals surface area contributed by atoms with Crippen molar-refractivity contribution in [3.05, 3.63) is 52.9 Å². The number of carboxylic acid groups (broad SMARTS) is 1. The van der Waals surface area contributed by atoms with E-state index in [1.165, 1.54) is 30.3 Å². The summed E-state index contributed by atoms with van der Waals surface area (Å²) in [6, 6.07) is 6.71. The zero-order chi connectivity index (χ0) is 13.1. The van der Waals surface area contributed by atoms with Crippen LogP contribution in [0.15, 0.2) is 36.5 Å². The molecule has 0 amide bonds. The van der Waals surface area contributed by atoms with E-state index in [-0.39, 0.29) is 22.2 Å². The molecule has 0 radical (unpaired) electrons. The Bertz CT molecular complexity index is 586. The summed E-state index contributed by atoms with van der Waals surface area (Å²) >= 11 is 5.71. The highest BCUT2D eigenvalue weighted by Crippen LogP contribution is 2.25. The van der Waals surface area contributed by atoms with Gasteiger partial charge in [0.05, 0.1) is 16.8 Å². The Kier molecular flexibility index (Phi) is 3.43. The molecule has 0 aliphatic heterocycles. The molecule has 2 rings (SSSR count). The molecule has 6 heteroatoms. The lowest BCUT2D eigenvalue weighted by Gasteiger charge is -2.06. The lowest BCUT2D eigenvalue weighted by molar-refractivity contribution is 0.0696. The highest BCUT2D eigenvalue weighted by molar-refractivity contribution is 6.33. The average Bonchev–Trinajstić information content (AvgIpc) is 2.34. The van der Waals surface area contributed by atoms with Crippen LogP contribution in [-0.4, -0.2) is 16.1 Å². The second kappa shape index (κ2) is 5.01. The van der Waals surface area contributed by atoms with E-state index >= 15 is 0 Å². The van der Waals surface area contributed by atoms with Gasteiger partial charge in [0.15, 0.2) is 0 Å². The van der Waals surface area contributed by atoms with Crippen molar-refractivity contribution in [1.82, 2.24) is 4.98 Å². The van der Waals surface area contributed by atoms with Crippen molar-refractivity contribution in [2.75, 3.05) is 0 Å². The van der Waals surface area contributed by atoms with Crippen LogP contribution in [0.5, 0.6) is 11.6 Å². The standard InChI is InChI=1S/C12H7ClFNO3/c13-10-3-2-8(5-9(10)12(16)17)18-11-4-1-7(14)6-15-11/h1-6H,(H,16,17). The SMILES string of the molecule is O=C(O)c1cc(Oc2ccc(F)cn2)ccc1Cl. The molecule has 0 spiro atoms. The largest absolute Gasteiger partial charge is 0.478 e. The molecule has 1 N–H and O–H groups in total. The number of benzene rings is 1. The highest BCUT2D eigenvalue weighted by Gasteiger charge is 2.10. The van der Waals surface area contributed by atoms with Gasteiger partial charge in [0, 0.05) is 6.07 Å². The predicted molar refractivity (Wildman–Crippen MR) is 62.7 cm³/mol. The first kappa shape index (κ1) is 12.3. The topological polar surface area (TPSA) is 59.4 Å². The maximum atomic E-state index is 12.6. The van der Waals surface area contributed by atoms with Gasteiger partial charge in [-0.2, -0.15) is 0 Å². The third kappa shape index (κ3) is 2.75. The van der Waals surface area contributed by atoms with Gasteiger partial charge in [0.25, 0.3) is 0 Å². The quantitative estimate of drug-likeness (QED) is 0.926. The number of carbonyl (C=O) groups is 1. The van der Waals surface area contributed by atoms with E-state index in [1.807, 2.05) is 0 Å². The maximum Gasteiger partial charge on any atom is 0.337 e. The number of rotatable bonds is 3. The fourth-order valence-electron chi connectivity index (χ4n) is 1.28. The van der Waals surface area contributed by atoms with Gasteiger partial charge in [0.2, 0.25) is 5.88 Å². The fourth-order valence-corrected chi connectivity index (χ4v) is 1.47. The molecule has 1 heterocycles. The summed E-state index contributed by atoms with van der Waals surface area (Å²) in [6.45, 7) is 0. The van der Waals surface area contributed by atoms with Gasteiger partial charge in [-0.1, -0.05) is 11.6 Å². The minimum absolute atomic E-state index is 0.0729. The second-order valence-corrected chi connectivity index (χ2v) is 3.77. The smallest absolute Gasteiger partial charge is 0.337 e. The van der Waals surface area contributed by atoms with Crippen molar-refractivity contribution in [2.45, 2.75) is 0 Å². The Hall–Kier alpha value is -2.14. The molecule has 0 fully saturated rings. The van der Waals surface area contributed by atoms with Crippen LogP contribution < -0.4 is 4.74 Å². The molecule has 0 atom stereocenters. The molecule has 0 saturated carbocycles. The summed E-state index contributed by atoms with van der Waals surface area (Å²) in [4.78, 5) is 14.6. The first-order valence-corrected chi connectivity index (χ1v) is 5.26. The summed E-state index contributed by atoms with van der Waals surface area (Å²) in [5.74, 6) is -1.21. The zero-order valence-corrected chi connectivity index (χ0v) is 9.69. The molecule has 0 unspecified atom stereocenters.